The largest absolute Gasteiger partial charge is 0.493 e. The Kier molecular flexibility index (Phi) is 6.86. The first-order valence-electron chi connectivity index (χ1n) is 8.80. The number of hydrogen-bond acceptors (Lipinski definition) is 6. The van der Waals surface area contributed by atoms with E-state index in [1.165, 1.54) is 11.8 Å². The van der Waals surface area contributed by atoms with Crippen molar-refractivity contribution in [1.82, 2.24) is 10.4 Å². The third-order valence-electron chi connectivity index (χ3n) is 3.84. The smallest absolute Gasteiger partial charge is 0.250 e. The van der Waals surface area contributed by atoms with Crippen molar-refractivity contribution in [2.45, 2.75) is 11.8 Å². The van der Waals surface area contributed by atoms with Crippen LogP contribution in [-0.2, 0) is 4.79 Å². The molecule has 0 aliphatic heterocycles. The van der Waals surface area contributed by atoms with Crippen molar-refractivity contribution in [3.05, 3.63) is 60.3 Å². The van der Waals surface area contributed by atoms with E-state index in [0.29, 0.717) is 18.1 Å². The Hall–Kier alpha value is -3.06. The third kappa shape index (κ3) is 5.01. The molecule has 0 fully saturated rings. The molecule has 0 atom stereocenters. The fraction of sp³-hybridized carbons (Fsp3) is 0.190. The summed E-state index contributed by atoms with van der Waals surface area (Å²) in [5.74, 6) is 1.36. The lowest BCUT2D eigenvalue weighted by Crippen LogP contribution is -2.19. The average molecular weight is 395 g/mol. The molecule has 0 spiro atoms. The van der Waals surface area contributed by atoms with Crippen LogP contribution < -0.4 is 14.9 Å². The summed E-state index contributed by atoms with van der Waals surface area (Å²) in [6, 6.07) is 15.3. The number of fused-ring (bicyclic) bond motifs is 1. The lowest BCUT2D eigenvalue weighted by Gasteiger charge is -2.09. The van der Waals surface area contributed by atoms with Crippen LogP contribution in [0.2, 0.25) is 0 Å². The number of hydrazone groups is 1. The quantitative estimate of drug-likeness (QED) is 0.356. The maximum absolute atomic E-state index is 12.1. The summed E-state index contributed by atoms with van der Waals surface area (Å²) in [5.41, 5.74) is 4.24. The van der Waals surface area contributed by atoms with E-state index in [4.69, 9.17) is 9.47 Å². The summed E-state index contributed by atoms with van der Waals surface area (Å²) in [7, 11) is 1.59. The zero-order valence-electron chi connectivity index (χ0n) is 15.7. The number of para-hydroxylation sites is 1. The van der Waals surface area contributed by atoms with Gasteiger partial charge in [0.2, 0.25) is 5.91 Å². The van der Waals surface area contributed by atoms with Crippen molar-refractivity contribution in [3.8, 4) is 11.5 Å². The molecular weight excluding hydrogens is 374 g/mol. The molecule has 0 aliphatic rings. The van der Waals surface area contributed by atoms with Crippen LogP contribution in [0.5, 0.6) is 11.5 Å². The fourth-order valence-corrected chi connectivity index (χ4v) is 3.42. The van der Waals surface area contributed by atoms with Gasteiger partial charge in [0.1, 0.15) is 0 Å². The van der Waals surface area contributed by atoms with Crippen LogP contribution in [0.3, 0.4) is 0 Å². The Morgan fingerprint density at radius 3 is 2.89 bits per heavy atom. The van der Waals surface area contributed by atoms with Crippen LogP contribution >= 0.6 is 11.8 Å². The first kappa shape index (κ1) is 19.7. The molecule has 0 saturated heterocycles. The molecule has 1 amide bonds. The number of benzene rings is 2. The van der Waals surface area contributed by atoms with Gasteiger partial charge in [0.05, 0.1) is 31.2 Å². The Balaban J connectivity index is 1.57. The topological polar surface area (TPSA) is 72.8 Å². The van der Waals surface area contributed by atoms with Gasteiger partial charge in [-0.1, -0.05) is 18.2 Å². The average Bonchev–Trinajstić information content (AvgIpc) is 2.72. The van der Waals surface area contributed by atoms with Gasteiger partial charge < -0.3 is 9.47 Å². The highest BCUT2D eigenvalue weighted by Crippen LogP contribution is 2.27. The number of thioether (sulfide) groups is 1. The van der Waals surface area contributed by atoms with E-state index in [2.05, 4.69) is 15.5 Å². The summed E-state index contributed by atoms with van der Waals surface area (Å²) in [6.45, 7) is 2.44. The molecule has 144 valence electrons. The number of rotatable bonds is 8. The molecule has 1 aromatic heterocycles. The summed E-state index contributed by atoms with van der Waals surface area (Å²) in [4.78, 5) is 17.5. The van der Waals surface area contributed by atoms with Crippen molar-refractivity contribution in [2.75, 3.05) is 19.5 Å². The second-order valence-electron chi connectivity index (χ2n) is 5.76. The van der Waals surface area contributed by atoms with Gasteiger partial charge in [-0.05, 0) is 42.8 Å². The van der Waals surface area contributed by atoms with Crippen molar-refractivity contribution in [3.63, 3.8) is 0 Å². The highest BCUT2D eigenvalue weighted by Gasteiger charge is 2.07. The second kappa shape index (κ2) is 9.75. The molecule has 1 N–H and O–H groups in total. The third-order valence-corrected chi connectivity index (χ3v) is 4.89. The van der Waals surface area contributed by atoms with E-state index in [9.17, 15) is 4.79 Å². The Morgan fingerprint density at radius 2 is 2.07 bits per heavy atom. The molecule has 0 unspecified atom stereocenters. The molecule has 2 aromatic carbocycles. The lowest BCUT2D eigenvalue weighted by atomic mass is 10.2. The maximum atomic E-state index is 12.1. The van der Waals surface area contributed by atoms with Crippen LogP contribution in [-0.4, -0.2) is 36.6 Å². The summed E-state index contributed by atoms with van der Waals surface area (Å²) < 4.78 is 10.8. The van der Waals surface area contributed by atoms with Gasteiger partial charge in [0.15, 0.2) is 11.5 Å². The lowest BCUT2D eigenvalue weighted by molar-refractivity contribution is -0.118. The number of carbonyl (C=O) groups excluding carboxylic acids is 1. The van der Waals surface area contributed by atoms with E-state index in [1.807, 2.05) is 49.4 Å². The van der Waals surface area contributed by atoms with E-state index >= 15 is 0 Å². The van der Waals surface area contributed by atoms with E-state index in [1.54, 1.807) is 25.6 Å². The number of ether oxygens (including phenoxy) is 2. The van der Waals surface area contributed by atoms with Crippen LogP contribution in [0.15, 0.2) is 64.7 Å². The summed E-state index contributed by atoms with van der Waals surface area (Å²) in [5, 5.41) is 5.07. The van der Waals surface area contributed by atoms with Gasteiger partial charge >= 0.3 is 0 Å². The molecule has 0 aliphatic carbocycles. The van der Waals surface area contributed by atoms with E-state index in [-0.39, 0.29) is 11.7 Å². The molecule has 3 aromatic rings. The first-order chi connectivity index (χ1) is 13.7. The predicted octanol–water partition coefficient (Wildman–Crippen LogP) is 3.88. The van der Waals surface area contributed by atoms with Crippen molar-refractivity contribution < 1.29 is 14.3 Å². The number of nitrogens with one attached hydrogen (secondary N) is 1. The first-order valence-corrected chi connectivity index (χ1v) is 9.79. The molecular formula is C21H21N3O3S. The molecule has 3 rings (SSSR count). The monoisotopic (exact) mass is 395 g/mol. The number of methoxy groups -OCH3 is 1. The molecule has 0 saturated carbocycles. The Bertz CT molecular complexity index is 986. The minimum Gasteiger partial charge on any atom is -0.493 e. The molecule has 1 heterocycles. The van der Waals surface area contributed by atoms with Gasteiger partial charge in [-0.3, -0.25) is 9.78 Å². The number of pyridine rings is 1. The zero-order chi connectivity index (χ0) is 19.8. The highest BCUT2D eigenvalue weighted by molar-refractivity contribution is 8.00. The minimum absolute atomic E-state index is 0.187. The minimum atomic E-state index is -0.187. The maximum Gasteiger partial charge on any atom is 0.250 e. The van der Waals surface area contributed by atoms with Crippen LogP contribution in [0, 0.1) is 0 Å². The fourth-order valence-electron chi connectivity index (χ4n) is 2.59. The molecule has 0 radical (unpaired) electrons. The van der Waals surface area contributed by atoms with Crippen molar-refractivity contribution in [2.24, 2.45) is 5.10 Å². The van der Waals surface area contributed by atoms with Gasteiger partial charge in [-0.15, -0.1) is 11.8 Å². The normalized spacial score (nSPS) is 10.9. The SMILES string of the molecule is CCOc1cc(/C=N\NC(=O)CSc2cccc3cccnc23)ccc1OC. The predicted molar refractivity (Wildman–Crippen MR) is 112 cm³/mol. The van der Waals surface area contributed by atoms with Crippen LogP contribution in [0.4, 0.5) is 0 Å². The zero-order valence-corrected chi connectivity index (χ0v) is 16.5. The second-order valence-corrected chi connectivity index (χ2v) is 6.77. The Labute approximate surface area is 168 Å². The summed E-state index contributed by atoms with van der Waals surface area (Å²) in [6.07, 6.45) is 3.33. The standard InChI is InChI=1S/C21H21N3O3S/c1-3-27-18-12-15(9-10-17(18)26-2)13-23-24-20(25)14-28-19-8-4-6-16-7-5-11-22-21(16)19/h4-13H,3,14H2,1-2H3,(H,24,25)/b23-13-. The van der Waals surface area contributed by atoms with Crippen LogP contribution in [0.1, 0.15) is 12.5 Å². The Morgan fingerprint density at radius 1 is 1.21 bits per heavy atom. The molecule has 7 heteroatoms. The number of nitrogens with zero attached hydrogens (tertiary/aromatic N) is 2. The van der Waals surface area contributed by atoms with Gasteiger partial charge in [0, 0.05) is 16.5 Å². The van der Waals surface area contributed by atoms with Crippen molar-refractivity contribution >= 4 is 34.8 Å². The van der Waals surface area contributed by atoms with E-state index in [0.717, 1.165) is 21.4 Å². The molecule has 6 nitrogen and oxygen atoms in total. The highest BCUT2D eigenvalue weighted by atomic mass is 32.2. The van der Waals surface area contributed by atoms with Gasteiger partial charge in [0.25, 0.3) is 0 Å². The van der Waals surface area contributed by atoms with E-state index < -0.39 is 0 Å². The van der Waals surface area contributed by atoms with Gasteiger partial charge in [-0.2, -0.15) is 5.10 Å². The number of amides is 1. The summed E-state index contributed by atoms with van der Waals surface area (Å²) >= 11 is 1.43. The number of aromatic nitrogens is 1. The van der Waals surface area contributed by atoms with Crippen LogP contribution in [0.25, 0.3) is 10.9 Å². The van der Waals surface area contributed by atoms with Crippen molar-refractivity contribution in [1.29, 1.82) is 0 Å². The molecule has 28 heavy (non-hydrogen) atoms. The molecule has 0 bridgehead atoms. The number of carbonyl (C=O) groups is 1. The number of hydrogen-bond donors (Lipinski definition) is 1. The van der Waals surface area contributed by atoms with Gasteiger partial charge in [-0.25, -0.2) is 5.43 Å².